The highest BCUT2D eigenvalue weighted by molar-refractivity contribution is 5.60. The van der Waals surface area contributed by atoms with Crippen molar-refractivity contribution >= 4 is 0 Å². The number of rotatable bonds is 1. The van der Waals surface area contributed by atoms with Crippen molar-refractivity contribution in [2.45, 2.75) is 39.0 Å². The molecule has 0 bridgehead atoms. The lowest BCUT2D eigenvalue weighted by molar-refractivity contribution is 0.167. The Morgan fingerprint density at radius 2 is 1.78 bits per heavy atom. The molecule has 4 nitrogen and oxygen atoms in total. The molecule has 0 amide bonds. The van der Waals surface area contributed by atoms with E-state index in [1.807, 2.05) is 30.3 Å². The Bertz CT molecular complexity index is 928. The minimum Gasteiger partial charge on any atom is -0.399 e. The lowest BCUT2D eigenvalue weighted by Crippen LogP contribution is -2.48. The Kier molecular flexibility index (Phi) is 4.59. The van der Waals surface area contributed by atoms with Crippen LogP contribution in [0.15, 0.2) is 53.3 Å². The van der Waals surface area contributed by atoms with E-state index < -0.39 is 11.3 Å². The van der Waals surface area contributed by atoms with Gasteiger partial charge in [0, 0.05) is 5.92 Å². The second-order valence-electron chi connectivity index (χ2n) is 8.59. The van der Waals surface area contributed by atoms with Crippen molar-refractivity contribution in [3.8, 4) is 18.2 Å². The van der Waals surface area contributed by atoms with Crippen LogP contribution < -0.4 is 5.73 Å². The fourth-order valence-electron chi connectivity index (χ4n) is 4.62. The summed E-state index contributed by atoms with van der Waals surface area (Å²) in [5, 5.41) is 30.2. The largest absolute Gasteiger partial charge is 0.399 e. The number of nitrogens with two attached hydrogens (primary N) is 1. The van der Waals surface area contributed by atoms with Gasteiger partial charge in [-0.05, 0) is 35.3 Å². The van der Waals surface area contributed by atoms with E-state index in [1.165, 1.54) is 0 Å². The molecule has 0 radical (unpaired) electrons. The van der Waals surface area contributed by atoms with Gasteiger partial charge in [-0.2, -0.15) is 15.8 Å². The van der Waals surface area contributed by atoms with Crippen molar-refractivity contribution in [3.63, 3.8) is 0 Å². The average molecular weight is 356 g/mol. The van der Waals surface area contributed by atoms with Gasteiger partial charge in [-0.15, -0.1) is 0 Å². The SMILES string of the molecule is CC(C)(C)C1CC=C2C(C#N)=C(N)C(C#N)(c3ccccc3)C(C#N)C2C1. The van der Waals surface area contributed by atoms with Crippen LogP contribution in [-0.4, -0.2) is 0 Å². The molecule has 0 saturated carbocycles. The van der Waals surface area contributed by atoms with E-state index in [2.05, 4.69) is 45.1 Å². The Balaban J connectivity index is 2.28. The van der Waals surface area contributed by atoms with Gasteiger partial charge in [-0.25, -0.2) is 0 Å². The number of benzene rings is 1. The van der Waals surface area contributed by atoms with Crippen LogP contribution in [0.1, 0.15) is 39.2 Å². The molecule has 2 aliphatic carbocycles. The predicted molar refractivity (Wildman–Crippen MR) is 103 cm³/mol. The molecule has 27 heavy (non-hydrogen) atoms. The van der Waals surface area contributed by atoms with Crippen molar-refractivity contribution in [2.75, 3.05) is 0 Å². The molecule has 0 spiro atoms. The lowest BCUT2D eigenvalue weighted by atomic mass is 9.54. The molecule has 2 aliphatic rings. The Morgan fingerprint density at radius 3 is 2.30 bits per heavy atom. The Hall–Kier alpha value is -3.03. The van der Waals surface area contributed by atoms with E-state index in [0.717, 1.165) is 18.4 Å². The van der Waals surface area contributed by atoms with Crippen LogP contribution in [0.3, 0.4) is 0 Å². The third-order valence-electron chi connectivity index (χ3n) is 6.29. The quantitative estimate of drug-likeness (QED) is 0.809. The molecule has 2 N–H and O–H groups in total. The summed E-state index contributed by atoms with van der Waals surface area (Å²) in [5.74, 6) is -0.415. The van der Waals surface area contributed by atoms with E-state index in [0.29, 0.717) is 17.1 Å². The molecule has 3 rings (SSSR count). The summed E-state index contributed by atoms with van der Waals surface area (Å²) < 4.78 is 0. The molecule has 1 aromatic rings. The minimum absolute atomic E-state index is 0.0869. The van der Waals surface area contributed by atoms with Crippen LogP contribution in [0.2, 0.25) is 0 Å². The normalized spacial score (nSPS) is 30.4. The summed E-state index contributed by atoms with van der Waals surface area (Å²) in [6, 6.07) is 16.2. The maximum absolute atomic E-state index is 10.3. The predicted octanol–water partition coefficient (Wildman–Crippen LogP) is 4.34. The third kappa shape index (κ3) is 2.72. The monoisotopic (exact) mass is 356 g/mol. The number of hydrogen-bond donors (Lipinski definition) is 1. The highest BCUT2D eigenvalue weighted by Gasteiger charge is 2.55. The van der Waals surface area contributed by atoms with Crippen LogP contribution in [0.25, 0.3) is 0 Å². The van der Waals surface area contributed by atoms with Gasteiger partial charge in [0.1, 0.15) is 11.5 Å². The first kappa shape index (κ1) is 18.8. The molecule has 4 atom stereocenters. The zero-order valence-corrected chi connectivity index (χ0v) is 16.0. The van der Waals surface area contributed by atoms with Crippen molar-refractivity contribution in [2.24, 2.45) is 28.9 Å². The summed E-state index contributed by atoms with van der Waals surface area (Å²) in [6.07, 6.45) is 3.71. The number of allylic oxidation sites excluding steroid dienone is 4. The molecule has 0 fully saturated rings. The Morgan fingerprint density at radius 1 is 1.11 bits per heavy atom. The van der Waals surface area contributed by atoms with Crippen LogP contribution >= 0.6 is 0 Å². The second-order valence-corrected chi connectivity index (χ2v) is 8.59. The number of nitrogens with zero attached hydrogens (tertiary/aromatic N) is 3. The third-order valence-corrected chi connectivity index (χ3v) is 6.29. The van der Waals surface area contributed by atoms with Gasteiger partial charge in [0.15, 0.2) is 0 Å². The van der Waals surface area contributed by atoms with Crippen LogP contribution in [0.4, 0.5) is 0 Å². The second kappa shape index (κ2) is 6.61. The topological polar surface area (TPSA) is 97.4 Å². The van der Waals surface area contributed by atoms with E-state index in [1.54, 1.807) is 0 Å². The van der Waals surface area contributed by atoms with Crippen molar-refractivity contribution in [1.29, 1.82) is 15.8 Å². The zero-order valence-electron chi connectivity index (χ0n) is 16.0. The van der Waals surface area contributed by atoms with E-state index in [9.17, 15) is 15.8 Å². The first-order valence-corrected chi connectivity index (χ1v) is 9.28. The van der Waals surface area contributed by atoms with Crippen molar-refractivity contribution in [1.82, 2.24) is 0 Å². The summed E-state index contributed by atoms with van der Waals surface area (Å²) in [6.45, 7) is 6.60. The van der Waals surface area contributed by atoms with Crippen molar-refractivity contribution in [3.05, 3.63) is 58.8 Å². The minimum atomic E-state index is -1.30. The maximum Gasteiger partial charge on any atom is 0.139 e. The highest BCUT2D eigenvalue weighted by Crippen LogP contribution is 2.54. The van der Waals surface area contributed by atoms with Gasteiger partial charge in [-0.1, -0.05) is 57.2 Å². The van der Waals surface area contributed by atoms with Gasteiger partial charge in [0.05, 0.1) is 29.3 Å². The smallest absolute Gasteiger partial charge is 0.139 e. The molecule has 1 aromatic carbocycles. The average Bonchev–Trinajstić information content (AvgIpc) is 2.66. The molecule has 4 heteroatoms. The fraction of sp³-hybridized carbons (Fsp3) is 0.435. The van der Waals surface area contributed by atoms with E-state index in [4.69, 9.17) is 5.73 Å². The first-order valence-electron chi connectivity index (χ1n) is 9.28. The zero-order chi connectivity index (χ0) is 19.8. The molecule has 0 heterocycles. The first-order chi connectivity index (χ1) is 12.8. The fourth-order valence-corrected chi connectivity index (χ4v) is 4.62. The number of nitriles is 3. The van der Waals surface area contributed by atoms with Crippen LogP contribution in [0.5, 0.6) is 0 Å². The van der Waals surface area contributed by atoms with Crippen LogP contribution in [-0.2, 0) is 5.41 Å². The van der Waals surface area contributed by atoms with Crippen molar-refractivity contribution < 1.29 is 0 Å². The molecule has 0 aromatic heterocycles. The maximum atomic E-state index is 10.3. The van der Waals surface area contributed by atoms with E-state index in [-0.39, 0.29) is 17.0 Å². The van der Waals surface area contributed by atoms with Gasteiger partial charge >= 0.3 is 0 Å². The standard InChI is InChI=1S/C23H24N4/c1-22(2,3)16-9-10-17-18(11-16)20(13-25)23(14-26,21(27)19(17)12-24)15-7-5-4-6-8-15/h4-8,10,16,18,20H,9,11,27H2,1-3H3. The van der Waals surface area contributed by atoms with Crippen LogP contribution in [0, 0.1) is 57.2 Å². The molecular formula is C23H24N4. The molecule has 136 valence electrons. The summed E-state index contributed by atoms with van der Waals surface area (Å²) >= 11 is 0. The molecule has 0 saturated heterocycles. The molecular weight excluding hydrogens is 332 g/mol. The summed E-state index contributed by atoms with van der Waals surface area (Å²) in [4.78, 5) is 0. The van der Waals surface area contributed by atoms with E-state index >= 15 is 0 Å². The van der Waals surface area contributed by atoms with Gasteiger partial charge in [0.25, 0.3) is 0 Å². The lowest BCUT2D eigenvalue weighted by Gasteiger charge is -2.46. The summed E-state index contributed by atoms with van der Waals surface area (Å²) in [7, 11) is 0. The van der Waals surface area contributed by atoms with Gasteiger partial charge in [-0.3, -0.25) is 0 Å². The van der Waals surface area contributed by atoms with Gasteiger partial charge in [0.2, 0.25) is 0 Å². The Labute approximate surface area is 161 Å². The number of fused-ring (bicyclic) bond motifs is 1. The molecule has 0 aliphatic heterocycles. The highest BCUT2D eigenvalue weighted by atomic mass is 14.7. The molecule has 4 unspecified atom stereocenters. The van der Waals surface area contributed by atoms with Gasteiger partial charge < -0.3 is 5.73 Å². The summed E-state index contributed by atoms with van der Waals surface area (Å²) in [5.41, 5.74) is 7.35. The number of hydrogen-bond acceptors (Lipinski definition) is 4.